The van der Waals surface area contributed by atoms with Crippen molar-refractivity contribution < 1.29 is 24.5 Å². The molecule has 0 aromatic heterocycles. The van der Waals surface area contributed by atoms with Gasteiger partial charge in [0.1, 0.15) is 0 Å². The standard InChI is InChI=1S/C81H159NO5/c1-3-5-7-9-11-13-15-17-19-21-22-38-42-45-49-53-57-61-65-69-73-79(84)78(77-83)82-80(85)74-70-66-62-58-54-50-46-43-39-36-34-32-30-28-26-24-23-25-27-29-31-33-35-37-40-44-48-52-56-60-64-68-72-76-87-81(86)75-71-67-63-59-55-51-47-41-20-18-16-14-12-10-8-6-4-2/h27,29,78-79,83-84H,3-26,28,30-77H2,1-2H3,(H,82,85)/b29-27-. The molecule has 1 amide bonds. The minimum atomic E-state index is -0.662. The fraction of sp³-hybridized carbons (Fsp3) is 0.951. The van der Waals surface area contributed by atoms with Crippen molar-refractivity contribution in [1.82, 2.24) is 5.32 Å². The minimum absolute atomic E-state index is 0.0240. The molecule has 0 heterocycles. The number of esters is 1. The second kappa shape index (κ2) is 77.1. The van der Waals surface area contributed by atoms with Crippen LogP contribution in [0.3, 0.4) is 0 Å². The van der Waals surface area contributed by atoms with Crippen LogP contribution in [0.5, 0.6) is 0 Å². The maximum absolute atomic E-state index is 12.6. The summed E-state index contributed by atoms with van der Waals surface area (Å²) in [6.45, 7) is 5.02. The van der Waals surface area contributed by atoms with Crippen LogP contribution in [0.1, 0.15) is 470 Å². The molecule has 518 valence electrons. The number of ether oxygens (including phenoxy) is 1. The summed E-state index contributed by atoms with van der Waals surface area (Å²) in [5.41, 5.74) is 0. The van der Waals surface area contributed by atoms with E-state index in [2.05, 4.69) is 31.3 Å². The molecule has 0 saturated heterocycles. The number of carbonyl (C=O) groups excluding carboxylic acids is 2. The predicted molar refractivity (Wildman–Crippen MR) is 384 cm³/mol. The summed E-state index contributed by atoms with van der Waals surface area (Å²) in [5, 5.41) is 23.4. The lowest BCUT2D eigenvalue weighted by Crippen LogP contribution is -2.45. The van der Waals surface area contributed by atoms with Crippen LogP contribution in [0.25, 0.3) is 0 Å². The van der Waals surface area contributed by atoms with E-state index < -0.39 is 12.1 Å². The lowest BCUT2D eigenvalue weighted by Gasteiger charge is -2.22. The van der Waals surface area contributed by atoms with Crippen LogP contribution in [-0.4, -0.2) is 47.4 Å². The zero-order chi connectivity index (χ0) is 62.8. The molecule has 0 fully saturated rings. The molecule has 0 aromatic carbocycles. The van der Waals surface area contributed by atoms with Gasteiger partial charge in [-0.3, -0.25) is 9.59 Å². The fourth-order valence-electron chi connectivity index (χ4n) is 13.2. The second-order valence-electron chi connectivity index (χ2n) is 28.1. The van der Waals surface area contributed by atoms with Crippen molar-refractivity contribution in [3.63, 3.8) is 0 Å². The molecule has 0 saturated carbocycles. The van der Waals surface area contributed by atoms with Crippen molar-refractivity contribution in [3.8, 4) is 0 Å². The summed E-state index contributed by atoms with van der Waals surface area (Å²) < 4.78 is 5.51. The smallest absolute Gasteiger partial charge is 0.305 e. The van der Waals surface area contributed by atoms with Gasteiger partial charge in [0, 0.05) is 12.8 Å². The van der Waals surface area contributed by atoms with E-state index in [9.17, 15) is 19.8 Å². The van der Waals surface area contributed by atoms with Crippen molar-refractivity contribution in [1.29, 1.82) is 0 Å². The van der Waals surface area contributed by atoms with Crippen molar-refractivity contribution in [2.45, 2.75) is 482 Å². The normalized spacial score (nSPS) is 12.5. The number of aliphatic hydroxyl groups is 2. The van der Waals surface area contributed by atoms with Gasteiger partial charge in [-0.15, -0.1) is 0 Å². The highest BCUT2D eigenvalue weighted by Crippen LogP contribution is 2.20. The molecule has 0 radical (unpaired) electrons. The van der Waals surface area contributed by atoms with Gasteiger partial charge in [0.15, 0.2) is 0 Å². The number of hydrogen-bond donors (Lipinski definition) is 3. The summed E-state index contributed by atoms with van der Waals surface area (Å²) in [4.78, 5) is 24.7. The molecular formula is C81H159NO5. The van der Waals surface area contributed by atoms with Crippen molar-refractivity contribution in [2.75, 3.05) is 13.2 Å². The Morgan fingerprint density at radius 3 is 0.816 bits per heavy atom. The number of amides is 1. The number of allylic oxidation sites excluding steroid dienone is 2. The van der Waals surface area contributed by atoms with Crippen molar-refractivity contribution in [3.05, 3.63) is 12.2 Å². The van der Waals surface area contributed by atoms with Gasteiger partial charge in [-0.2, -0.15) is 0 Å². The number of unbranched alkanes of at least 4 members (excludes halogenated alkanes) is 64. The lowest BCUT2D eigenvalue weighted by atomic mass is 10.0. The number of nitrogens with one attached hydrogen (secondary N) is 1. The topological polar surface area (TPSA) is 95.9 Å². The van der Waals surface area contributed by atoms with E-state index in [1.807, 2.05) is 0 Å². The maximum atomic E-state index is 12.6. The Morgan fingerprint density at radius 1 is 0.310 bits per heavy atom. The first-order chi connectivity index (χ1) is 43.0. The van der Waals surface area contributed by atoms with Gasteiger partial charge in [0.25, 0.3) is 0 Å². The molecule has 0 aliphatic heterocycles. The molecule has 0 bridgehead atoms. The van der Waals surface area contributed by atoms with Gasteiger partial charge in [-0.05, 0) is 51.4 Å². The Hall–Kier alpha value is -1.40. The first-order valence-electron chi connectivity index (χ1n) is 40.4. The summed E-state index contributed by atoms with van der Waals surface area (Å²) >= 11 is 0. The Labute approximate surface area is 546 Å². The zero-order valence-electron chi connectivity index (χ0n) is 59.5. The van der Waals surface area contributed by atoms with Crippen LogP contribution in [0.4, 0.5) is 0 Å². The summed E-state index contributed by atoms with van der Waals surface area (Å²) in [5.74, 6) is -0.00231. The quantitative estimate of drug-likeness (QED) is 0.0320. The van der Waals surface area contributed by atoms with Gasteiger partial charge in [0.2, 0.25) is 5.91 Å². The van der Waals surface area contributed by atoms with E-state index >= 15 is 0 Å². The molecule has 0 aliphatic rings. The fourth-order valence-corrected chi connectivity index (χ4v) is 13.2. The zero-order valence-corrected chi connectivity index (χ0v) is 59.5. The molecule has 2 unspecified atom stereocenters. The SMILES string of the molecule is CCCCCCCCCCCCCCCCCCCCCCC(O)C(CO)NC(=O)CCCCCCCCCCCCCCCCCCC/C=C\CCCCCCCCCCCCCCOC(=O)CCCCCCCCCCCCCCCCCCC. The highest BCUT2D eigenvalue weighted by atomic mass is 16.5. The van der Waals surface area contributed by atoms with Gasteiger partial charge in [-0.25, -0.2) is 0 Å². The molecule has 0 spiro atoms. The van der Waals surface area contributed by atoms with Gasteiger partial charge in [0.05, 0.1) is 25.4 Å². The number of hydrogen-bond acceptors (Lipinski definition) is 5. The second-order valence-corrected chi connectivity index (χ2v) is 28.1. The van der Waals surface area contributed by atoms with E-state index in [0.717, 1.165) is 38.5 Å². The summed E-state index contributed by atoms with van der Waals surface area (Å²) in [6.07, 6.45) is 97.4. The largest absolute Gasteiger partial charge is 0.466 e. The molecule has 6 heteroatoms. The van der Waals surface area contributed by atoms with E-state index in [4.69, 9.17) is 4.74 Å². The number of rotatable bonds is 77. The average Bonchev–Trinajstić information content (AvgIpc) is 3.58. The summed E-state index contributed by atoms with van der Waals surface area (Å²) in [7, 11) is 0. The average molecular weight is 1230 g/mol. The van der Waals surface area contributed by atoms with Crippen LogP contribution < -0.4 is 5.32 Å². The minimum Gasteiger partial charge on any atom is -0.466 e. The maximum Gasteiger partial charge on any atom is 0.305 e. The van der Waals surface area contributed by atoms with Crippen LogP contribution in [-0.2, 0) is 14.3 Å². The van der Waals surface area contributed by atoms with E-state index in [1.54, 1.807) is 0 Å². The van der Waals surface area contributed by atoms with E-state index in [0.29, 0.717) is 25.9 Å². The molecule has 2 atom stereocenters. The van der Waals surface area contributed by atoms with Crippen LogP contribution in [0, 0.1) is 0 Å². The van der Waals surface area contributed by atoms with Gasteiger partial charge < -0.3 is 20.3 Å². The Morgan fingerprint density at radius 2 is 0.540 bits per heavy atom. The van der Waals surface area contributed by atoms with Crippen LogP contribution >= 0.6 is 0 Å². The molecule has 87 heavy (non-hydrogen) atoms. The third-order valence-electron chi connectivity index (χ3n) is 19.3. The number of carbonyl (C=O) groups is 2. The first-order valence-corrected chi connectivity index (χ1v) is 40.4. The third-order valence-corrected chi connectivity index (χ3v) is 19.3. The highest BCUT2D eigenvalue weighted by molar-refractivity contribution is 5.76. The monoisotopic (exact) mass is 1230 g/mol. The molecule has 6 nitrogen and oxygen atoms in total. The Bertz CT molecular complexity index is 1320. The van der Waals surface area contributed by atoms with Crippen LogP contribution in [0.15, 0.2) is 12.2 Å². The first kappa shape index (κ1) is 85.6. The summed E-state index contributed by atoms with van der Waals surface area (Å²) in [6, 6.07) is -0.539. The molecule has 0 aliphatic carbocycles. The van der Waals surface area contributed by atoms with Crippen molar-refractivity contribution >= 4 is 11.9 Å². The Balaban J connectivity index is 3.33. The van der Waals surface area contributed by atoms with Crippen LogP contribution in [0.2, 0.25) is 0 Å². The molecule has 0 aromatic rings. The van der Waals surface area contributed by atoms with E-state index in [-0.39, 0.29) is 18.5 Å². The highest BCUT2D eigenvalue weighted by Gasteiger charge is 2.20. The molecular weight excluding hydrogens is 1070 g/mol. The third kappa shape index (κ3) is 73.5. The van der Waals surface area contributed by atoms with Gasteiger partial charge in [-0.1, -0.05) is 418 Å². The molecule has 3 N–H and O–H groups in total. The van der Waals surface area contributed by atoms with Gasteiger partial charge >= 0.3 is 5.97 Å². The lowest BCUT2D eigenvalue weighted by molar-refractivity contribution is -0.143. The number of aliphatic hydroxyl groups excluding tert-OH is 2. The van der Waals surface area contributed by atoms with E-state index in [1.165, 1.54) is 398 Å². The Kier molecular flexibility index (Phi) is 75.8. The van der Waals surface area contributed by atoms with Crippen molar-refractivity contribution in [2.24, 2.45) is 0 Å². The molecule has 0 rings (SSSR count). The predicted octanol–water partition coefficient (Wildman–Crippen LogP) is 26.7.